The van der Waals surface area contributed by atoms with Crippen molar-refractivity contribution in [2.45, 2.75) is 43.4 Å². The fraction of sp³-hybridized carbons (Fsp3) is 0.692. The van der Waals surface area contributed by atoms with E-state index in [0.29, 0.717) is 6.04 Å². The van der Waals surface area contributed by atoms with Crippen molar-refractivity contribution in [2.75, 3.05) is 12.8 Å². The van der Waals surface area contributed by atoms with Crippen LogP contribution >= 0.6 is 11.3 Å². The Labute approximate surface area is 114 Å². The molecule has 0 aliphatic heterocycles. The maximum atomic E-state index is 11.6. The second kappa shape index (κ2) is 6.17. The van der Waals surface area contributed by atoms with Gasteiger partial charge in [-0.05, 0) is 54.6 Å². The van der Waals surface area contributed by atoms with E-state index in [2.05, 4.69) is 22.1 Å². The summed E-state index contributed by atoms with van der Waals surface area (Å²) in [5, 5.41) is 7.63. The quantitative estimate of drug-likeness (QED) is 0.903. The molecule has 1 fully saturated rings. The average molecular weight is 287 g/mol. The summed E-state index contributed by atoms with van der Waals surface area (Å²) in [4.78, 5) is 0. The topological polar surface area (TPSA) is 46.2 Å². The lowest BCUT2D eigenvalue weighted by molar-refractivity contribution is 0.374. The first kappa shape index (κ1) is 14.0. The van der Waals surface area contributed by atoms with Crippen LogP contribution in [-0.4, -0.2) is 32.5 Å². The molecule has 1 aromatic heterocycles. The van der Waals surface area contributed by atoms with Gasteiger partial charge in [0.25, 0.3) is 0 Å². The zero-order chi connectivity index (χ0) is 13.0. The summed E-state index contributed by atoms with van der Waals surface area (Å²) < 4.78 is 23.1. The van der Waals surface area contributed by atoms with Gasteiger partial charge in [-0.3, -0.25) is 0 Å². The normalized spacial score (nSPS) is 25.2. The molecule has 1 aliphatic rings. The van der Waals surface area contributed by atoms with Crippen LogP contribution in [0.3, 0.4) is 0 Å². The van der Waals surface area contributed by atoms with Crippen molar-refractivity contribution >= 4 is 21.2 Å². The Kier molecular flexibility index (Phi) is 4.81. The van der Waals surface area contributed by atoms with Crippen molar-refractivity contribution in [3.8, 4) is 0 Å². The van der Waals surface area contributed by atoms with Crippen LogP contribution in [0.2, 0.25) is 0 Å². The third kappa shape index (κ3) is 4.07. The number of nitrogens with one attached hydrogen (secondary N) is 1. The van der Waals surface area contributed by atoms with Crippen LogP contribution in [0.4, 0.5) is 0 Å². The Morgan fingerprint density at radius 2 is 2.28 bits per heavy atom. The van der Waals surface area contributed by atoms with Crippen LogP contribution in [0.1, 0.15) is 31.2 Å². The molecule has 18 heavy (non-hydrogen) atoms. The Balaban J connectivity index is 1.76. The van der Waals surface area contributed by atoms with Gasteiger partial charge in [-0.2, -0.15) is 11.3 Å². The predicted octanol–water partition coefficient (Wildman–Crippen LogP) is 2.24. The Morgan fingerprint density at radius 3 is 2.94 bits per heavy atom. The molecule has 0 spiro atoms. The zero-order valence-electron chi connectivity index (χ0n) is 10.8. The number of rotatable bonds is 5. The standard InChI is InChI=1S/C13H21NO2S2/c1-18(15,16)13-4-2-3-12(9-13)14-7-5-11-6-8-17-10-11/h6,8,10,12-14H,2-5,7,9H2,1H3. The van der Waals surface area contributed by atoms with E-state index in [1.165, 1.54) is 11.8 Å². The van der Waals surface area contributed by atoms with Crippen LogP contribution in [0.5, 0.6) is 0 Å². The van der Waals surface area contributed by atoms with Crippen LogP contribution in [0.25, 0.3) is 0 Å². The minimum absolute atomic E-state index is 0.134. The van der Waals surface area contributed by atoms with Gasteiger partial charge in [0.2, 0.25) is 0 Å². The molecular weight excluding hydrogens is 266 g/mol. The monoisotopic (exact) mass is 287 g/mol. The average Bonchev–Trinajstić information content (AvgIpc) is 2.81. The van der Waals surface area contributed by atoms with Crippen molar-refractivity contribution in [2.24, 2.45) is 0 Å². The molecule has 0 radical (unpaired) electrons. The van der Waals surface area contributed by atoms with Gasteiger partial charge in [0.05, 0.1) is 5.25 Å². The molecule has 0 amide bonds. The molecule has 2 unspecified atom stereocenters. The molecule has 0 saturated heterocycles. The molecule has 1 aromatic rings. The SMILES string of the molecule is CS(=O)(=O)C1CCCC(NCCc2ccsc2)C1. The maximum Gasteiger partial charge on any atom is 0.150 e. The van der Waals surface area contributed by atoms with Gasteiger partial charge in [-0.1, -0.05) is 6.42 Å². The number of hydrogen-bond donors (Lipinski definition) is 1. The number of sulfone groups is 1. The second-order valence-corrected chi connectivity index (χ2v) is 8.26. The van der Waals surface area contributed by atoms with E-state index >= 15 is 0 Å². The molecule has 1 heterocycles. The minimum atomic E-state index is -2.87. The van der Waals surface area contributed by atoms with Gasteiger partial charge < -0.3 is 5.32 Å². The minimum Gasteiger partial charge on any atom is -0.314 e. The fourth-order valence-electron chi connectivity index (χ4n) is 2.57. The van der Waals surface area contributed by atoms with Crippen LogP contribution in [-0.2, 0) is 16.3 Å². The zero-order valence-corrected chi connectivity index (χ0v) is 12.4. The van der Waals surface area contributed by atoms with Crippen LogP contribution in [0.15, 0.2) is 16.8 Å². The van der Waals surface area contributed by atoms with Gasteiger partial charge in [0, 0.05) is 12.3 Å². The predicted molar refractivity (Wildman–Crippen MR) is 76.9 cm³/mol. The summed E-state index contributed by atoms with van der Waals surface area (Å²) in [5.41, 5.74) is 1.36. The molecule has 2 rings (SSSR count). The highest BCUT2D eigenvalue weighted by molar-refractivity contribution is 7.91. The molecule has 102 valence electrons. The Morgan fingerprint density at radius 1 is 1.44 bits per heavy atom. The Bertz CT molecular complexity index is 453. The Hall–Kier alpha value is -0.390. The van der Waals surface area contributed by atoms with E-state index in [0.717, 1.165) is 38.6 Å². The summed E-state index contributed by atoms with van der Waals surface area (Å²) in [6.07, 6.45) is 6.14. The summed E-state index contributed by atoms with van der Waals surface area (Å²) in [6, 6.07) is 2.52. The van der Waals surface area contributed by atoms with Crippen molar-refractivity contribution in [3.05, 3.63) is 22.4 Å². The molecule has 3 nitrogen and oxygen atoms in total. The molecule has 1 aliphatic carbocycles. The first-order chi connectivity index (χ1) is 8.55. The molecular formula is C13H21NO2S2. The van der Waals surface area contributed by atoms with E-state index in [1.54, 1.807) is 11.3 Å². The van der Waals surface area contributed by atoms with Crippen molar-refractivity contribution in [1.29, 1.82) is 0 Å². The lowest BCUT2D eigenvalue weighted by atomic mass is 9.95. The smallest absolute Gasteiger partial charge is 0.150 e. The molecule has 0 aromatic carbocycles. The first-order valence-corrected chi connectivity index (χ1v) is 9.39. The molecule has 1 N–H and O–H groups in total. The summed E-state index contributed by atoms with van der Waals surface area (Å²) in [6.45, 7) is 0.942. The van der Waals surface area contributed by atoms with Gasteiger partial charge in [0.1, 0.15) is 9.84 Å². The third-order valence-corrected chi connectivity index (χ3v) is 6.03. The number of thiophene rings is 1. The van der Waals surface area contributed by atoms with Gasteiger partial charge >= 0.3 is 0 Å². The highest BCUT2D eigenvalue weighted by atomic mass is 32.2. The molecule has 2 atom stereocenters. The lowest BCUT2D eigenvalue weighted by Gasteiger charge is -2.28. The van der Waals surface area contributed by atoms with Crippen molar-refractivity contribution in [1.82, 2.24) is 5.32 Å². The van der Waals surface area contributed by atoms with Crippen LogP contribution in [0, 0.1) is 0 Å². The largest absolute Gasteiger partial charge is 0.314 e. The van der Waals surface area contributed by atoms with Crippen molar-refractivity contribution < 1.29 is 8.42 Å². The molecule has 0 bridgehead atoms. The van der Waals surface area contributed by atoms with E-state index in [9.17, 15) is 8.42 Å². The van der Waals surface area contributed by atoms with Gasteiger partial charge in [0.15, 0.2) is 0 Å². The maximum absolute atomic E-state index is 11.6. The van der Waals surface area contributed by atoms with E-state index < -0.39 is 9.84 Å². The highest BCUT2D eigenvalue weighted by Gasteiger charge is 2.28. The summed E-state index contributed by atoms with van der Waals surface area (Å²) in [7, 11) is -2.87. The van der Waals surface area contributed by atoms with Gasteiger partial charge in [-0.25, -0.2) is 8.42 Å². The van der Waals surface area contributed by atoms with Crippen molar-refractivity contribution in [3.63, 3.8) is 0 Å². The van der Waals surface area contributed by atoms with E-state index in [4.69, 9.17) is 0 Å². The second-order valence-electron chi connectivity index (χ2n) is 5.15. The fourth-order valence-corrected chi connectivity index (χ4v) is 4.45. The highest BCUT2D eigenvalue weighted by Crippen LogP contribution is 2.23. The number of hydrogen-bond acceptors (Lipinski definition) is 4. The van der Waals surface area contributed by atoms with E-state index in [-0.39, 0.29) is 5.25 Å². The third-order valence-electron chi connectivity index (χ3n) is 3.66. The lowest BCUT2D eigenvalue weighted by Crippen LogP contribution is -2.39. The molecule has 5 heteroatoms. The summed E-state index contributed by atoms with van der Waals surface area (Å²) >= 11 is 1.72. The van der Waals surface area contributed by atoms with Gasteiger partial charge in [-0.15, -0.1) is 0 Å². The van der Waals surface area contributed by atoms with E-state index in [1.807, 2.05) is 0 Å². The summed E-state index contributed by atoms with van der Waals surface area (Å²) in [5.74, 6) is 0. The molecule has 1 saturated carbocycles. The van der Waals surface area contributed by atoms with Crippen LogP contribution < -0.4 is 5.32 Å². The first-order valence-electron chi connectivity index (χ1n) is 6.49.